The summed E-state index contributed by atoms with van der Waals surface area (Å²) in [5, 5.41) is 3.26. The second-order valence-corrected chi connectivity index (χ2v) is 5.53. The maximum Gasteiger partial charge on any atom is 0.259 e. The fourth-order valence-corrected chi connectivity index (χ4v) is 2.73. The van der Waals surface area contributed by atoms with Crippen LogP contribution >= 0.6 is 0 Å². The van der Waals surface area contributed by atoms with E-state index in [2.05, 4.69) is 15.2 Å². The smallest absolute Gasteiger partial charge is 0.259 e. The van der Waals surface area contributed by atoms with Gasteiger partial charge in [-0.15, -0.1) is 0 Å². The molecule has 6 heteroatoms. The summed E-state index contributed by atoms with van der Waals surface area (Å²) in [7, 11) is 0. The molecule has 20 heavy (non-hydrogen) atoms. The molecule has 0 aliphatic carbocycles. The molecule has 1 aromatic heterocycles. The molecular weight excluding hydrogens is 256 g/mol. The molecule has 0 spiro atoms. The van der Waals surface area contributed by atoms with Gasteiger partial charge in [0, 0.05) is 63.3 Å². The highest BCUT2D eigenvalue weighted by molar-refractivity contribution is 5.93. The molecular formula is C14H20N4O2. The summed E-state index contributed by atoms with van der Waals surface area (Å²) in [4.78, 5) is 31.4. The highest BCUT2D eigenvalue weighted by Gasteiger charge is 2.29. The normalized spacial score (nSPS) is 20.8. The first-order valence-corrected chi connectivity index (χ1v) is 7.08. The maximum atomic E-state index is 12.4. The van der Waals surface area contributed by atoms with Gasteiger partial charge in [0.2, 0.25) is 0 Å². The minimum atomic E-state index is -0.197. The highest BCUT2D eigenvalue weighted by Crippen LogP contribution is 2.11. The Hall–Kier alpha value is -1.66. The van der Waals surface area contributed by atoms with Gasteiger partial charge in [0.1, 0.15) is 5.56 Å². The lowest BCUT2D eigenvalue weighted by Gasteiger charge is -2.43. The molecule has 0 radical (unpaired) electrons. The van der Waals surface area contributed by atoms with E-state index in [0.717, 1.165) is 31.9 Å². The average Bonchev–Trinajstić information content (AvgIpc) is 2.37. The predicted octanol–water partition coefficient (Wildman–Crippen LogP) is -0.587. The summed E-state index contributed by atoms with van der Waals surface area (Å²) in [6, 6.07) is 2.10. The van der Waals surface area contributed by atoms with Gasteiger partial charge in [0.15, 0.2) is 5.43 Å². The fraction of sp³-hybridized carbons (Fsp3) is 0.571. The first-order valence-electron chi connectivity index (χ1n) is 7.08. The van der Waals surface area contributed by atoms with Crippen molar-refractivity contribution in [2.24, 2.45) is 0 Å². The summed E-state index contributed by atoms with van der Waals surface area (Å²) in [5.74, 6) is -0.155. The van der Waals surface area contributed by atoms with Gasteiger partial charge in [-0.1, -0.05) is 0 Å². The Labute approximate surface area is 117 Å². The van der Waals surface area contributed by atoms with Gasteiger partial charge in [-0.05, 0) is 6.92 Å². The molecule has 2 fully saturated rings. The maximum absolute atomic E-state index is 12.4. The lowest BCUT2D eigenvalue weighted by molar-refractivity contribution is 0.0500. The Morgan fingerprint density at radius 1 is 1.25 bits per heavy atom. The van der Waals surface area contributed by atoms with Crippen molar-refractivity contribution < 1.29 is 4.79 Å². The number of nitrogens with zero attached hydrogens (tertiary/aromatic N) is 2. The Balaban J connectivity index is 1.65. The van der Waals surface area contributed by atoms with Crippen LogP contribution in [0.25, 0.3) is 0 Å². The standard InChI is InChI=1S/C14H20N4O2/c1-10-6-13(19)12(9-16-10)14(20)18-4-2-17(3-5-18)11-7-15-8-11/h6,9,11,15H,2-5,7-8H2,1H3,(H,16,19). The number of hydrogen-bond donors (Lipinski definition) is 2. The second-order valence-electron chi connectivity index (χ2n) is 5.53. The van der Waals surface area contributed by atoms with E-state index in [-0.39, 0.29) is 16.9 Å². The molecule has 0 unspecified atom stereocenters. The number of carbonyl (C=O) groups is 1. The molecule has 3 rings (SSSR count). The molecule has 2 N–H and O–H groups in total. The number of pyridine rings is 1. The van der Waals surface area contributed by atoms with Crippen molar-refractivity contribution in [3.63, 3.8) is 0 Å². The van der Waals surface area contributed by atoms with Gasteiger partial charge >= 0.3 is 0 Å². The minimum absolute atomic E-state index is 0.155. The topological polar surface area (TPSA) is 68.4 Å². The van der Waals surface area contributed by atoms with E-state index < -0.39 is 0 Å². The van der Waals surface area contributed by atoms with Gasteiger partial charge in [0.05, 0.1) is 0 Å². The van der Waals surface area contributed by atoms with Gasteiger partial charge in [-0.25, -0.2) is 0 Å². The third kappa shape index (κ3) is 2.48. The second kappa shape index (κ2) is 5.38. The number of rotatable bonds is 2. The zero-order chi connectivity index (χ0) is 14.1. The monoisotopic (exact) mass is 276 g/mol. The van der Waals surface area contributed by atoms with E-state index in [9.17, 15) is 9.59 Å². The molecule has 3 heterocycles. The minimum Gasteiger partial charge on any atom is -0.364 e. The zero-order valence-corrected chi connectivity index (χ0v) is 11.7. The van der Waals surface area contributed by atoms with Crippen molar-refractivity contribution in [1.82, 2.24) is 20.1 Å². The number of aromatic nitrogens is 1. The van der Waals surface area contributed by atoms with Crippen LogP contribution in [0.5, 0.6) is 0 Å². The Bertz CT molecular complexity index is 557. The molecule has 0 bridgehead atoms. The summed E-state index contributed by atoms with van der Waals surface area (Å²) in [6.45, 7) is 7.08. The number of piperazine rings is 1. The van der Waals surface area contributed by atoms with Crippen molar-refractivity contribution in [3.05, 3.63) is 33.7 Å². The van der Waals surface area contributed by atoms with Crippen LogP contribution < -0.4 is 10.7 Å². The highest BCUT2D eigenvalue weighted by atomic mass is 16.2. The van der Waals surface area contributed by atoms with E-state index >= 15 is 0 Å². The molecule has 0 atom stereocenters. The van der Waals surface area contributed by atoms with E-state index in [1.54, 1.807) is 11.8 Å². The molecule has 6 nitrogen and oxygen atoms in total. The third-order valence-corrected chi connectivity index (χ3v) is 4.17. The molecule has 2 saturated heterocycles. The van der Waals surface area contributed by atoms with Gasteiger partial charge < -0.3 is 15.2 Å². The molecule has 2 aliphatic heterocycles. The fourth-order valence-electron chi connectivity index (χ4n) is 2.73. The van der Waals surface area contributed by atoms with E-state index in [1.807, 2.05) is 0 Å². The number of nitrogens with one attached hydrogen (secondary N) is 2. The summed E-state index contributed by atoms with van der Waals surface area (Å²) < 4.78 is 0. The number of H-pyrrole nitrogens is 1. The van der Waals surface area contributed by atoms with Crippen molar-refractivity contribution in [2.75, 3.05) is 39.3 Å². The first kappa shape index (κ1) is 13.3. The van der Waals surface area contributed by atoms with Gasteiger partial charge in [0.25, 0.3) is 5.91 Å². The SMILES string of the molecule is Cc1cc(=O)c(C(=O)N2CCN(C3CNC3)CC2)c[nH]1. The predicted molar refractivity (Wildman–Crippen MR) is 75.9 cm³/mol. The van der Waals surface area contributed by atoms with Crippen LogP contribution in [0.3, 0.4) is 0 Å². The Morgan fingerprint density at radius 2 is 1.95 bits per heavy atom. The quantitative estimate of drug-likeness (QED) is 0.758. The molecule has 108 valence electrons. The van der Waals surface area contributed by atoms with Gasteiger partial charge in [-0.3, -0.25) is 14.5 Å². The number of aromatic amines is 1. The zero-order valence-electron chi connectivity index (χ0n) is 11.7. The van der Waals surface area contributed by atoms with Crippen LogP contribution in [-0.2, 0) is 0 Å². The third-order valence-electron chi connectivity index (χ3n) is 4.17. The van der Waals surface area contributed by atoms with Crippen molar-refractivity contribution in [1.29, 1.82) is 0 Å². The van der Waals surface area contributed by atoms with Crippen molar-refractivity contribution >= 4 is 5.91 Å². The van der Waals surface area contributed by atoms with Crippen molar-refractivity contribution in [3.8, 4) is 0 Å². The van der Waals surface area contributed by atoms with Crippen LogP contribution in [0, 0.1) is 6.92 Å². The van der Waals surface area contributed by atoms with Crippen LogP contribution in [0.1, 0.15) is 16.1 Å². The summed E-state index contributed by atoms with van der Waals surface area (Å²) in [6.07, 6.45) is 1.53. The first-order chi connectivity index (χ1) is 9.65. The van der Waals surface area contributed by atoms with Crippen LogP contribution in [-0.4, -0.2) is 66.0 Å². The number of amides is 1. The number of hydrogen-bond acceptors (Lipinski definition) is 4. The van der Waals surface area contributed by atoms with Gasteiger partial charge in [-0.2, -0.15) is 0 Å². The number of carbonyl (C=O) groups excluding carboxylic acids is 1. The molecule has 1 amide bonds. The lowest BCUT2D eigenvalue weighted by Crippen LogP contribution is -2.62. The average molecular weight is 276 g/mol. The summed E-state index contributed by atoms with van der Waals surface area (Å²) in [5.41, 5.74) is 0.820. The van der Waals surface area contributed by atoms with E-state index in [4.69, 9.17) is 0 Å². The van der Waals surface area contributed by atoms with Crippen LogP contribution in [0.4, 0.5) is 0 Å². The molecule has 2 aliphatic rings. The Kier molecular flexibility index (Phi) is 3.58. The largest absolute Gasteiger partial charge is 0.364 e. The van der Waals surface area contributed by atoms with Crippen LogP contribution in [0.15, 0.2) is 17.1 Å². The molecule has 1 aromatic rings. The van der Waals surface area contributed by atoms with E-state index in [0.29, 0.717) is 19.1 Å². The summed E-state index contributed by atoms with van der Waals surface area (Å²) >= 11 is 0. The lowest BCUT2D eigenvalue weighted by atomic mass is 10.1. The Morgan fingerprint density at radius 3 is 2.50 bits per heavy atom. The number of aryl methyl sites for hydroxylation is 1. The van der Waals surface area contributed by atoms with Crippen molar-refractivity contribution in [2.45, 2.75) is 13.0 Å². The van der Waals surface area contributed by atoms with Crippen LogP contribution in [0.2, 0.25) is 0 Å². The molecule has 0 aromatic carbocycles. The molecule has 0 saturated carbocycles. The van der Waals surface area contributed by atoms with E-state index in [1.165, 1.54) is 12.3 Å².